The number of aliphatic hydroxyl groups is 1. The lowest BCUT2D eigenvalue weighted by Crippen LogP contribution is -2.43. The molecule has 70 valence electrons. The molecule has 3 nitrogen and oxygen atoms in total. The molecular formula is C8H15NO2S. The summed E-state index contributed by atoms with van der Waals surface area (Å²) >= 11 is 1.86. The number of rotatable bonds is 2. The molecule has 0 aromatic rings. The molecule has 0 spiro atoms. The number of aliphatic hydroxyl groups excluding tert-OH is 1. The van der Waals surface area contributed by atoms with Crippen molar-refractivity contribution in [3.05, 3.63) is 0 Å². The van der Waals surface area contributed by atoms with Crippen molar-refractivity contribution < 1.29 is 9.90 Å². The molecule has 1 heterocycles. The first-order valence-corrected chi connectivity index (χ1v) is 5.45. The van der Waals surface area contributed by atoms with Gasteiger partial charge in [-0.15, -0.1) is 0 Å². The first-order valence-electron chi connectivity index (χ1n) is 4.30. The second kappa shape index (κ2) is 4.72. The molecule has 0 aromatic carbocycles. The van der Waals surface area contributed by atoms with Crippen molar-refractivity contribution in [2.75, 3.05) is 24.6 Å². The number of carbonyl (C=O) groups excluding carboxylic acids is 1. The minimum atomic E-state index is -0.784. The maximum absolute atomic E-state index is 11.4. The first-order chi connectivity index (χ1) is 5.75. The number of nitrogens with zero attached hydrogens (tertiary/aromatic N) is 1. The summed E-state index contributed by atoms with van der Waals surface area (Å²) in [5.74, 6) is 1.91. The second-order valence-electron chi connectivity index (χ2n) is 2.86. The van der Waals surface area contributed by atoms with E-state index in [-0.39, 0.29) is 5.91 Å². The van der Waals surface area contributed by atoms with Crippen LogP contribution in [-0.4, -0.2) is 46.6 Å². The summed E-state index contributed by atoms with van der Waals surface area (Å²) in [6, 6.07) is 0. The number of hydrogen-bond donors (Lipinski definition) is 1. The lowest BCUT2D eigenvalue weighted by molar-refractivity contribution is -0.139. The number of hydrogen-bond acceptors (Lipinski definition) is 3. The minimum absolute atomic E-state index is 0.0993. The van der Waals surface area contributed by atoms with E-state index in [0.717, 1.165) is 24.6 Å². The molecule has 1 N–H and O–H groups in total. The minimum Gasteiger partial charge on any atom is -0.383 e. The second-order valence-corrected chi connectivity index (χ2v) is 4.09. The number of carbonyl (C=O) groups is 1. The average molecular weight is 189 g/mol. The highest BCUT2D eigenvalue weighted by atomic mass is 32.2. The molecule has 1 atom stereocenters. The fourth-order valence-electron chi connectivity index (χ4n) is 1.17. The van der Waals surface area contributed by atoms with Crippen molar-refractivity contribution in [2.24, 2.45) is 0 Å². The zero-order valence-electron chi connectivity index (χ0n) is 7.32. The third kappa shape index (κ3) is 2.38. The Bertz CT molecular complexity index is 157. The Balaban J connectivity index is 2.39. The van der Waals surface area contributed by atoms with Gasteiger partial charge >= 0.3 is 0 Å². The molecule has 1 saturated heterocycles. The van der Waals surface area contributed by atoms with Gasteiger partial charge in [-0.05, 0) is 6.42 Å². The molecule has 4 heteroatoms. The lowest BCUT2D eigenvalue weighted by Gasteiger charge is -2.27. The van der Waals surface area contributed by atoms with Gasteiger partial charge in [-0.3, -0.25) is 4.79 Å². The molecule has 1 aliphatic heterocycles. The van der Waals surface area contributed by atoms with E-state index in [9.17, 15) is 9.90 Å². The van der Waals surface area contributed by atoms with Gasteiger partial charge in [0.2, 0.25) is 0 Å². The molecule has 0 bridgehead atoms. The predicted octanol–water partition coefficient (Wildman–Crippen LogP) is 0.333. The van der Waals surface area contributed by atoms with Crippen LogP contribution in [0.25, 0.3) is 0 Å². The monoisotopic (exact) mass is 189 g/mol. The van der Waals surface area contributed by atoms with Gasteiger partial charge in [0.05, 0.1) is 0 Å². The van der Waals surface area contributed by atoms with Crippen molar-refractivity contribution in [1.29, 1.82) is 0 Å². The van der Waals surface area contributed by atoms with Crippen LogP contribution in [0, 0.1) is 0 Å². The summed E-state index contributed by atoms with van der Waals surface area (Å²) in [5, 5.41) is 9.28. The highest BCUT2D eigenvalue weighted by Gasteiger charge is 2.21. The SMILES string of the molecule is CCC(O)C(=O)N1CCSCC1. The Morgan fingerprint density at radius 1 is 1.58 bits per heavy atom. The molecule has 1 amide bonds. The van der Waals surface area contributed by atoms with Gasteiger partial charge in [-0.2, -0.15) is 11.8 Å². The summed E-state index contributed by atoms with van der Waals surface area (Å²) in [6.45, 7) is 3.41. The molecular weight excluding hydrogens is 174 g/mol. The molecule has 0 radical (unpaired) electrons. The van der Waals surface area contributed by atoms with Gasteiger partial charge in [-0.1, -0.05) is 6.92 Å². The van der Waals surface area contributed by atoms with E-state index in [4.69, 9.17) is 0 Å². The smallest absolute Gasteiger partial charge is 0.251 e. The standard InChI is InChI=1S/C8H15NO2S/c1-2-7(10)8(11)9-3-5-12-6-4-9/h7,10H,2-6H2,1H3. The molecule has 0 saturated carbocycles. The normalized spacial score (nSPS) is 20.7. The highest BCUT2D eigenvalue weighted by molar-refractivity contribution is 7.99. The summed E-state index contributed by atoms with van der Waals surface area (Å²) < 4.78 is 0. The van der Waals surface area contributed by atoms with Gasteiger partial charge < -0.3 is 10.0 Å². The van der Waals surface area contributed by atoms with Crippen LogP contribution in [0.4, 0.5) is 0 Å². The maximum atomic E-state index is 11.4. The molecule has 0 aromatic heterocycles. The van der Waals surface area contributed by atoms with Crippen LogP contribution in [0.5, 0.6) is 0 Å². The largest absolute Gasteiger partial charge is 0.383 e. The molecule has 1 unspecified atom stereocenters. The van der Waals surface area contributed by atoms with Crippen LogP contribution in [0.3, 0.4) is 0 Å². The summed E-state index contributed by atoms with van der Waals surface area (Å²) in [7, 11) is 0. The molecule has 0 aliphatic carbocycles. The Kier molecular flexibility index (Phi) is 3.88. The van der Waals surface area contributed by atoms with Crippen molar-refractivity contribution >= 4 is 17.7 Å². The Morgan fingerprint density at radius 3 is 2.67 bits per heavy atom. The van der Waals surface area contributed by atoms with Crippen LogP contribution in [0.15, 0.2) is 0 Å². The van der Waals surface area contributed by atoms with Crippen LogP contribution in [0.2, 0.25) is 0 Å². The molecule has 12 heavy (non-hydrogen) atoms. The van der Waals surface area contributed by atoms with E-state index in [1.54, 1.807) is 4.90 Å². The highest BCUT2D eigenvalue weighted by Crippen LogP contribution is 2.10. The maximum Gasteiger partial charge on any atom is 0.251 e. The molecule has 1 rings (SSSR count). The molecule has 1 aliphatic rings. The average Bonchev–Trinajstić information content (AvgIpc) is 2.17. The third-order valence-corrected chi connectivity index (χ3v) is 2.94. The van der Waals surface area contributed by atoms with Crippen LogP contribution in [0.1, 0.15) is 13.3 Å². The van der Waals surface area contributed by atoms with Gasteiger partial charge in [-0.25, -0.2) is 0 Å². The quantitative estimate of drug-likeness (QED) is 0.680. The van der Waals surface area contributed by atoms with Crippen molar-refractivity contribution in [3.63, 3.8) is 0 Å². The van der Waals surface area contributed by atoms with Crippen LogP contribution < -0.4 is 0 Å². The summed E-state index contributed by atoms with van der Waals surface area (Å²) in [5.41, 5.74) is 0. The number of amides is 1. The van der Waals surface area contributed by atoms with E-state index < -0.39 is 6.10 Å². The topological polar surface area (TPSA) is 40.5 Å². The zero-order chi connectivity index (χ0) is 8.97. The van der Waals surface area contributed by atoms with Crippen molar-refractivity contribution in [1.82, 2.24) is 4.90 Å². The predicted molar refractivity (Wildman–Crippen MR) is 50.2 cm³/mol. The van der Waals surface area contributed by atoms with Crippen molar-refractivity contribution in [2.45, 2.75) is 19.4 Å². The Hall–Kier alpha value is -0.220. The van der Waals surface area contributed by atoms with E-state index in [1.165, 1.54) is 0 Å². The van der Waals surface area contributed by atoms with E-state index in [1.807, 2.05) is 18.7 Å². The summed E-state index contributed by atoms with van der Waals surface area (Å²) in [6.07, 6.45) is -0.268. The van der Waals surface area contributed by atoms with Gasteiger partial charge in [0.15, 0.2) is 0 Å². The summed E-state index contributed by atoms with van der Waals surface area (Å²) in [4.78, 5) is 13.2. The number of thioether (sulfide) groups is 1. The van der Waals surface area contributed by atoms with E-state index >= 15 is 0 Å². The Morgan fingerprint density at radius 2 is 2.17 bits per heavy atom. The Labute approximate surface area is 77.1 Å². The van der Waals surface area contributed by atoms with Gasteiger partial charge in [0.25, 0.3) is 5.91 Å². The van der Waals surface area contributed by atoms with E-state index in [2.05, 4.69) is 0 Å². The van der Waals surface area contributed by atoms with Crippen LogP contribution >= 0.6 is 11.8 Å². The third-order valence-electron chi connectivity index (χ3n) is 1.99. The zero-order valence-corrected chi connectivity index (χ0v) is 8.14. The van der Waals surface area contributed by atoms with E-state index in [0.29, 0.717) is 6.42 Å². The molecule has 1 fully saturated rings. The van der Waals surface area contributed by atoms with Crippen molar-refractivity contribution in [3.8, 4) is 0 Å². The first kappa shape index (κ1) is 9.86. The lowest BCUT2D eigenvalue weighted by atomic mass is 10.2. The van der Waals surface area contributed by atoms with Gasteiger partial charge in [0, 0.05) is 24.6 Å². The fourth-order valence-corrected chi connectivity index (χ4v) is 2.07. The van der Waals surface area contributed by atoms with Crippen LogP contribution in [-0.2, 0) is 4.79 Å². The van der Waals surface area contributed by atoms with Gasteiger partial charge in [0.1, 0.15) is 6.10 Å². The fraction of sp³-hybridized carbons (Fsp3) is 0.875.